The van der Waals surface area contributed by atoms with Crippen LogP contribution < -0.4 is 0 Å². The van der Waals surface area contributed by atoms with Crippen molar-refractivity contribution in [3.05, 3.63) is 69.8 Å². The van der Waals surface area contributed by atoms with Gasteiger partial charge in [0.05, 0.1) is 0 Å². The van der Waals surface area contributed by atoms with E-state index in [4.69, 9.17) is 11.6 Å². The van der Waals surface area contributed by atoms with Crippen molar-refractivity contribution in [2.24, 2.45) is 0 Å². The molecular formula is C21H25ClN2O2. The van der Waals surface area contributed by atoms with Crippen molar-refractivity contribution >= 4 is 23.5 Å². The summed E-state index contributed by atoms with van der Waals surface area (Å²) in [7, 11) is 7.71. The van der Waals surface area contributed by atoms with Gasteiger partial charge in [0, 0.05) is 34.8 Å². The fourth-order valence-electron chi connectivity index (χ4n) is 2.70. The van der Waals surface area contributed by atoms with Crippen LogP contribution in [0.2, 0.25) is 5.02 Å². The molecule has 0 aliphatic heterocycles. The maximum Gasteiger partial charge on any atom is 0.185 e. The number of ketones is 1. The standard InChI is InChI=1S/C21H25ClN2O2/c1-23(2)13-17-11-16(12-18(21(17)26)14-24(3)4)20(25)10-9-15-7-5-6-8-19(15)22/h5-12,26H,13-14H2,1-4H3/b10-9-. The second-order valence-electron chi connectivity index (χ2n) is 6.84. The first kappa shape index (κ1) is 20.2. The van der Waals surface area contributed by atoms with E-state index in [9.17, 15) is 9.90 Å². The van der Waals surface area contributed by atoms with Crippen molar-refractivity contribution in [2.75, 3.05) is 28.2 Å². The van der Waals surface area contributed by atoms with Gasteiger partial charge < -0.3 is 14.9 Å². The highest BCUT2D eigenvalue weighted by molar-refractivity contribution is 6.32. The van der Waals surface area contributed by atoms with Crippen LogP contribution in [0.5, 0.6) is 5.75 Å². The van der Waals surface area contributed by atoms with Gasteiger partial charge in [-0.2, -0.15) is 0 Å². The van der Waals surface area contributed by atoms with Crippen molar-refractivity contribution in [3.63, 3.8) is 0 Å². The largest absolute Gasteiger partial charge is 0.507 e. The fourth-order valence-corrected chi connectivity index (χ4v) is 2.90. The van der Waals surface area contributed by atoms with E-state index in [1.807, 2.05) is 56.2 Å². The molecule has 0 amide bonds. The molecule has 2 aromatic carbocycles. The monoisotopic (exact) mass is 372 g/mol. The second-order valence-corrected chi connectivity index (χ2v) is 7.24. The summed E-state index contributed by atoms with van der Waals surface area (Å²) in [5.74, 6) is 0.129. The summed E-state index contributed by atoms with van der Waals surface area (Å²) in [6.45, 7) is 1.11. The van der Waals surface area contributed by atoms with Crippen LogP contribution >= 0.6 is 11.6 Å². The third kappa shape index (κ3) is 5.43. The maximum absolute atomic E-state index is 12.7. The normalized spacial score (nSPS) is 11.7. The Labute approximate surface area is 160 Å². The Hall–Kier alpha value is -2.14. The Kier molecular flexibility index (Phi) is 6.98. The van der Waals surface area contributed by atoms with Gasteiger partial charge >= 0.3 is 0 Å². The number of benzene rings is 2. The molecule has 138 valence electrons. The molecule has 0 saturated carbocycles. The van der Waals surface area contributed by atoms with Crippen molar-refractivity contribution in [3.8, 4) is 5.75 Å². The molecule has 0 bridgehead atoms. The molecule has 0 heterocycles. The van der Waals surface area contributed by atoms with Gasteiger partial charge in [0.15, 0.2) is 5.78 Å². The molecule has 4 nitrogen and oxygen atoms in total. The summed E-state index contributed by atoms with van der Waals surface area (Å²) in [5.41, 5.74) is 2.83. The molecule has 0 fully saturated rings. The number of rotatable bonds is 7. The number of allylic oxidation sites excluding steroid dienone is 1. The molecule has 0 saturated heterocycles. The van der Waals surface area contributed by atoms with Crippen molar-refractivity contribution in [1.82, 2.24) is 9.80 Å². The van der Waals surface area contributed by atoms with Crippen molar-refractivity contribution in [2.45, 2.75) is 13.1 Å². The van der Waals surface area contributed by atoms with Gasteiger partial charge in [0.1, 0.15) is 5.75 Å². The van der Waals surface area contributed by atoms with Crippen molar-refractivity contribution < 1.29 is 9.90 Å². The Bertz CT molecular complexity index is 782. The molecule has 26 heavy (non-hydrogen) atoms. The minimum absolute atomic E-state index is 0.120. The van der Waals surface area contributed by atoms with Gasteiger partial charge in [-0.1, -0.05) is 29.8 Å². The third-order valence-electron chi connectivity index (χ3n) is 3.84. The number of hydrogen-bond acceptors (Lipinski definition) is 4. The maximum atomic E-state index is 12.7. The van der Waals surface area contributed by atoms with Gasteiger partial charge in [0.2, 0.25) is 0 Å². The lowest BCUT2D eigenvalue weighted by molar-refractivity contribution is 0.104. The summed E-state index contributed by atoms with van der Waals surface area (Å²) >= 11 is 6.13. The third-order valence-corrected chi connectivity index (χ3v) is 4.19. The molecule has 2 aromatic rings. The van der Waals surface area contributed by atoms with Gasteiger partial charge in [-0.05, 0) is 64.1 Å². The fraction of sp³-hybridized carbons (Fsp3) is 0.286. The van der Waals surface area contributed by atoms with Gasteiger partial charge in [-0.3, -0.25) is 4.79 Å². The molecule has 1 N–H and O–H groups in total. The number of nitrogens with zero attached hydrogens (tertiary/aromatic N) is 2. The summed E-state index contributed by atoms with van der Waals surface area (Å²) < 4.78 is 0. The quantitative estimate of drug-likeness (QED) is 0.588. The highest BCUT2D eigenvalue weighted by atomic mass is 35.5. The SMILES string of the molecule is CN(C)Cc1cc(C(=O)/C=C\c2ccccc2Cl)cc(CN(C)C)c1O. The van der Waals surface area contributed by atoms with E-state index in [0.29, 0.717) is 23.7 Å². The lowest BCUT2D eigenvalue weighted by atomic mass is 10.00. The number of carbonyl (C=O) groups is 1. The van der Waals surface area contributed by atoms with Crippen LogP contribution in [0, 0.1) is 0 Å². The number of carbonyl (C=O) groups excluding carboxylic acids is 1. The molecule has 0 aromatic heterocycles. The first-order chi connectivity index (χ1) is 12.3. The van der Waals surface area contributed by atoms with E-state index >= 15 is 0 Å². The number of aromatic hydroxyl groups is 1. The highest BCUT2D eigenvalue weighted by Gasteiger charge is 2.14. The van der Waals surface area contributed by atoms with Gasteiger partial charge in [0.25, 0.3) is 0 Å². The van der Waals surface area contributed by atoms with E-state index < -0.39 is 0 Å². The molecule has 5 heteroatoms. The zero-order valence-corrected chi connectivity index (χ0v) is 16.4. The predicted molar refractivity (Wildman–Crippen MR) is 108 cm³/mol. The van der Waals surface area contributed by atoms with E-state index in [1.54, 1.807) is 24.3 Å². The number of halogens is 1. The Morgan fingerprint density at radius 3 is 2.08 bits per heavy atom. The average Bonchev–Trinajstić information content (AvgIpc) is 2.56. The minimum atomic E-state index is -0.120. The van der Waals surface area contributed by atoms with Crippen LogP contribution in [0.3, 0.4) is 0 Å². The van der Waals surface area contributed by atoms with E-state index in [0.717, 1.165) is 16.7 Å². The summed E-state index contributed by atoms with van der Waals surface area (Å²) in [5, 5.41) is 11.1. The van der Waals surface area contributed by atoms with Crippen LogP contribution in [-0.4, -0.2) is 48.9 Å². The lowest BCUT2D eigenvalue weighted by Gasteiger charge is -2.17. The molecule has 0 unspecified atom stereocenters. The van der Waals surface area contributed by atoms with Gasteiger partial charge in [-0.25, -0.2) is 0 Å². The highest BCUT2D eigenvalue weighted by Crippen LogP contribution is 2.27. The summed E-state index contributed by atoms with van der Waals surface area (Å²) in [6, 6.07) is 10.9. The average molecular weight is 373 g/mol. The van der Waals surface area contributed by atoms with Gasteiger partial charge in [-0.15, -0.1) is 0 Å². The summed E-state index contributed by atoms with van der Waals surface area (Å²) in [4.78, 5) is 16.6. The van der Waals surface area contributed by atoms with Crippen LogP contribution in [0.4, 0.5) is 0 Å². The molecule has 0 atom stereocenters. The molecule has 2 rings (SSSR count). The first-order valence-electron chi connectivity index (χ1n) is 8.39. The van der Waals surface area contributed by atoms with Crippen LogP contribution in [-0.2, 0) is 13.1 Å². The number of phenolic OH excluding ortho intramolecular Hbond substituents is 1. The smallest absolute Gasteiger partial charge is 0.185 e. The molecule has 0 spiro atoms. The minimum Gasteiger partial charge on any atom is -0.507 e. The van der Waals surface area contributed by atoms with E-state index in [2.05, 4.69) is 0 Å². The zero-order valence-electron chi connectivity index (χ0n) is 15.7. The van der Waals surface area contributed by atoms with Crippen LogP contribution in [0.1, 0.15) is 27.0 Å². The van der Waals surface area contributed by atoms with Crippen LogP contribution in [0.25, 0.3) is 6.08 Å². The molecule has 0 radical (unpaired) electrons. The predicted octanol–water partition coefficient (Wildman–Crippen LogP) is 4.06. The molecular weight excluding hydrogens is 348 g/mol. The zero-order chi connectivity index (χ0) is 19.3. The molecule has 0 aliphatic carbocycles. The van der Waals surface area contributed by atoms with E-state index in [1.165, 1.54) is 6.08 Å². The Morgan fingerprint density at radius 1 is 1.04 bits per heavy atom. The topological polar surface area (TPSA) is 43.8 Å². The Morgan fingerprint density at radius 2 is 1.58 bits per heavy atom. The van der Waals surface area contributed by atoms with Crippen molar-refractivity contribution in [1.29, 1.82) is 0 Å². The summed E-state index contributed by atoms with van der Waals surface area (Å²) in [6.07, 6.45) is 3.24. The Balaban J connectivity index is 2.37. The number of phenols is 1. The first-order valence-corrected chi connectivity index (χ1v) is 8.77. The second kappa shape index (κ2) is 8.99. The lowest BCUT2D eigenvalue weighted by Crippen LogP contribution is -2.15. The van der Waals surface area contributed by atoms with Crippen LogP contribution in [0.15, 0.2) is 42.5 Å². The number of hydrogen-bond donors (Lipinski definition) is 1. The van der Waals surface area contributed by atoms with E-state index in [-0.39, 0.29) is 11.5 Å². The molecule has 0 aliphatic rings.